The number of nitrogens with one attached hydrogen (secondary N) is 2. The molecule has 0 spiro atoms. The maximum atomic E-state index is 12.3. The number of benzene rings is 2. The van der Waals surface area contributed by atoms with Gasteiger partial charge in [-0.3, -0.25) is 9.59 Å². The number of rotatable bonds is 6. The fourth-order valence-corrected chi connectivity index (χ4v) is 4.11. The maximum Gasteiger partial charge on any atom is 0.234 e. The van der Waals surface area contributed by atoms with Crippen LogP contribution in [0.5, 0.6) is 0 Å². The number of aryl methyl sites for hydroxylation is 2. The van der Waals surface area contributed by atoms with Crippen LogP contribution in [0.15, 0.2) is 47.4 Å². The molecule has 0 bridgehead atoms. The summed E-state index contributed by atoms with van der Waals surface area (Å²) in [6.07, 6.45) is 5.54. The molecule has 0 aromatic heterocycles. The number of anilines is 2. The summed E-state index contributed by atoms with van der Waals surface area (Å²) in [6.45, 7) is 4.09. The van der Waals surface area contributed by atoms with E-state index in [0.29, 0.717) is 5.75 Å². The van der Waals surface area contributed by atoms with Crippen molar-refractivity contribution in [3.8, 4) is 0 Å². The molecule has 1 saturated carbocycles. The van der Waals surface area contributed by atoms with E-state index >= 15 is 0 Å². The van der Waals surface area contributed by atoms with Crippen molar-refractivity contribution in [1.82, 2.24) is 0 Å². The third kappa shape index (κ3) is 5.86. The van der Waals surface area contributed by atoms with E-state index in [4.69, 9.17) is 0 Å². The summed E-state index contributed by atoms with van der Waals surface area (Å²) in [5, 5.41) is 5.96. The van der Waals surface area contributed by atoms with Crippen molar-refractivity contribution in [3.05, 3.63) is 53.6 Å². The molecule has 4 nitrogen and oxygen atoms in total. The molecule has 148 valence electrons. The molecule has 1 fully saturated rings. The van der Waals surface area contributed by atoms with Gasteiger partial charge in [-0.2, -0.15) is 0 Å². The second-order valence-electron chi connectivity index (χ2n) is 7.48. The van der Waals surface area contributed by atoms with Crippen LogP contribution in [0.25, 0.3) is 0 Å². The van der Waals surface area contributed by atoms with E-state index in [9.17, 15) is 9.59 Å². The van der Waals surface area contributed by atoms with E-state index in [2.05, 4.69) is 17.6 Å². The topological polar surface area (TPSA) is 58.2 Å². The van der Waals surface area contributed by atoms with E-state index in [1.165, 1.54) is 23.7 Å². The Kier molecular flexibility index (Phi) is 7.15. The summed E-state index contributed by atoms with van der Waals surface area (Å²) in [4.78, 5) is 25.5. The van der Waals surface area contributed by atoms with Crippen LogP contribution in [0, 0.1) is 19.8 Å². The van der Waals surface area contributed by atoms with Crippen LogP contribution in [0.3, 0.4) is 0 Å². The molecule has 0 aliphatic heterocycles. The highest BCUT2D eigenvalue weighted by Gasteiger charge is 2.20. The van der Waals surface area contributed by atoms with Crippen molar-refractivity contribution < 1.29 is 9.59 Å². The van der Waals surface area contributed by atoms with Crippen molar-refractivity contribution in [2.24, 2.45) is 5.92 Å². The van der Waals surface area contributed by atoms with E-state index in [1.807, 2.05) is 49.4 Å². The zero-order valence-electron chi connectivity index (χ0n) is 16.6. The van der Waals surface area contributed by atoms with Gasteiger partial charge in [-0.05, 0) is 74.2 Å². The highest BCUT2D eigenvalue weighted by molar-refractivity contribution is 8.00. The van der Waals surface area contributed by atoms with Crippen LogP contribution in [-0.2, 0) is 9.59 Å². The number of carbonyl (C=O) groups excluding carboxylic acids is 2. The molecule has 28 heavy (non-hydrogen) atoms. The van der Waals surface area contributed by atoms with Gasteiger partial charge in [0.05, 0.1) is 5.75 Å². The van der Waals surface area contributed by atoms with E-state index in [-0.39, 0.29) is 17.7 Å². The number of hydrogen-bond acceptors (Lipinski definition) is 3. The van der Waals surface area contributed by atoms with Crippen LogP contribution in [-0.4, -0.2) is 17.6 Å². The minimum atomic E-state index is -0.0251. The third-order valence-corrected chi connectivity index (χ3v) is 6.27. The van der Waals surface area contributed by atoms with Crippen molar-refractivity contribution in [1.29, 1.82) is 0 Å². The Morgan fingerprint density at radius 3 is 2.25 bits per heavy atom. The van der Waals surface area contributed by atoms with Gasteiger partial charge in [0.2, 0.25) is 11.8 Å². The molecular formula is C23H28N2O2S. The first-order valence-electron chi connectivity index (χ1n) is 9.92. The lowest BCUT2D eigenvalue weighted by Gasteiger charge is -2.20. The molecule has 0 radical (unpaired) electrons. The van der Waals surface area contributed by atoms with Gasteiger partial charge in [-0.25, -0.2) is 0 Å². The monoisotopic (exact) mass is 396 g/mol. The molecule has 2 aromatic carbocycles. The molecule has 2 aromatic rings. The number of hydrogen-bond donors (Lipinski definition) is 2. The quantitative estimate of drug-likeness (QED) is 0.629. The largest absolute Gasteiger partial charge is 0.326 e. The molecule has 0 atom stereocenters. The van der Waals surface area contributed by atoms with E-state index < -0.39 is 0 Å². The average Bonchev–Trinajstić information content (AvgIpc) is 2.71. The van der Waals surface area contributed by atoms with Crippen LogP contribution >= 0.6 is 11.8 Å². The molecule has 0 unspecified atom stereocenters. The van der Waals surface area contributed by atoms with Crippen molar-refractivity contribution >= 4 is 35.0 Å². The first-order chi connectivity index (χ1) is 13.5. The second kappa shape index (κ2) is 9.78. The fraction of sp³-hybridized carbons (Fsp3) is 0.391. The molecule has 1 aliphatic rings. The fourth-order valence-electron chi connectivity index (χ4n) is 3.41. The van der Waals surface area contributed by atoms with E-state index in [1.54, 1.807) is 0 Å². The van der Waals surface area contributed by atoms with Gasteiger partial charge in [0, 0.05) is 22.2 Å². The highest BCUT2D eigenvalue weighted by atomic mass is 32.2. The Bertz CT molecular complexity index is 827. The lowest BCUT2D eigenvalue weighted by Crippen LogP contribution is -2.24. The molecule has 5 heteroatoms. The lowest BCUT2D eigenvalue weighted by molar-refractivity contribution is -0.120. The minimum absolute atomic E-state index is 0.0251. The van der Waals surface area contributed by atoms with Gasteiger partial charge in [0.1, 0.15) is 0 Å². The normalized spacial score (nSPS) is 14.5. The van der Waals surface area contributed by atoms with Crippen molar-refractivity contribution in [3.63, 3.8) is 0 Å². The van der Waals surface area contributed by atoms with Gasteiger partial charge >= 0.3 is 0 Å². The molecule has 0 heterocycles. The Morgan fingerprint density at radius 2 is 1.57 bits per heavy atom. The SMILES string of the molecule is Cc1ccc(NC(=O)CSc2ccc(NC(=O)C3CCCCC3)cc2)cc1C. The molecule has 2 N–H and O–H groups in total. The smallest absolute Gasteiger partial charge is 0.234 e. The predicted octanol–water partition coefficient (Wildman–Crippen LogP) is 5.55. The average molecular weight is 397 g/mol. The molecule has 3 rings (SSSR count). The summed E-state index contributed by atoms with van der Waals surface area (Å²) in [6, 6.07) is 13.6. The molecule has 1 aliphatic carbocycles. The first kappa shape index (κ1) is 20.5. The molecule has 0 saturated heterocycles. The summed E-state index contributed by atoms with van der Waals surface area (Å²) < 4.78 is 0. The van der Waals surface area contributed by atoms with Crippen LogP contribution in [0.2, 0.25) is 0 Å². The van der Waals surface area contributed by atoms with Gasteiger partial charge in [-0.15, -0.1) is 11.8 Å². The Balaban J connectivity index is 1.46. The Morgan fingerprint density at radius 1 is 0.893 bits per heavy atom. The van der Waals surface area contributed by atoms with Crippen LogP contribution in [0.1, 0.15) is 43.2 Å². The first-order valence-corrected chi connectivity index (χ1v) is 10.9. The van der Waals surface area contributed by atoms with Crippen molar-refractivity contribution in [2.45, 2.75) is 50.8 Å². The van der Waals surface area contributed by atoms with Gasteiger partial charge < -0.3 is 10.6 Å². The molecule has 2 amide bonds. The van der Waals surface area contributed by atoms with Gasteiger partial charge in [-0.1, -0.05) is 25.3 Å². The predicted molar refractivity (Wildman–Crippen MR) is 117 cm³/mol. The Labute approximate surface area is 171 Å². The second-order valence-corrected chi connectivity index (χ2v) is 8.53. The van der Waals surface area contributed by atoms with Crippen LogP contribution < -0.4 is 10.6 Å². The zero-order chi connectivity index (χ0) is 19.9. The van der Waals surface area contributed by atoms with Gasteiger partial charge in [0.25, 0.3) is 0 Å². The summed E-state index contributed by atoms with van der Waals surface area (Å²) in [5.74, 6) is 0.605. The lowest BCUT2D eigenvalue weighted by atomic mass is 9.88. The number of thioether (sulfide) groups is 1. The van der Waals surface area contributed by atoms with E-state index in [0.717, 1.165) is 47.5 Å². The summed E-state index contributed by atoms with van der Waals surface area (Å²) >= 11 is 1.49. The zero-order valence-corrected chi connectivity index (χ0v) is 17.4. The minimum Gasteiger partial charge on any atom is -0.326 e. The summed E-state index contributed by atoms with van der Waals surface area (Å²) in [5.41, 5.74) is 4.02. The van der Waals surface area contributed by atoms with Crippen LogP contribution in [0.4, 0.5) is 11.4 Å². The highest BCUT2D eigenvalue weighted by Crippen LogP contribution is 2.26. The van der Waals surface area contributed by atoms with Crippen molar-refractivity contribution in [2.75, 3.05) is 16.4 Å². The Hall–Kier alpha value is -2.27. The molecular weight excluding hydrogens is 368 g/mol. The standard InChI is InChI=1S/C23H28N2O2S/c1-16-8-9-20(14-17(16)2)24-22(26)15-28-21-12-10-19(11-13-21)25-23(27)18-6-4-3-5-7-18/h8-14,18H,3-7,15H2,1-2H3,(H,24,26)(H,25,27). The number of carbonyl (C=O) groups is 2. The summed E-state index contributed by atoms with van der Waals surface area (Å²) in [7, 11) is 0. The van der Waals surface area contributed by atoms with Gasteiger partial charge in [0.15, 0.2) is 0 Å². The third-order valence-electron chi connectivity index (χ3n) is 5.26. The maximum absolute atomic E-state index is 12.3. The number of amides is 2.